The summed E-state index contributed by atoms with van der Waals surface area (Å²) in [6.45, 7) is 5.96. The van der Waals surface area contributed by atoms with Crippen molar-refractivity contribution in [3.05, 3.63) is 64.2 Å². The van der Waals surface area contributed by atoms with E-state index in [-0.39, 0.29) is 18.7 Å². The van der Waals surface area contributed by atoms with Crippen molar-refractivity contribution in [1.29, 1.82) is 0 Å². The van der Waals surface area contributed by atoms with Gasteiger partial charge >= 0.3 is 0 Å². The van der Waals surface area contributed by atoms with E-state index in [2.05, 4.69) is 15.5 Å². The van der Waals surface area contributed by atoms with Crippen molar-refractivity contribution in [2.24, 2.45) is 7.05 Å². The second-order valence-electron chi connectivity index (χ2n) is 6.49. The molecule has 0 unspecified atom stereocenters. The Kier molecular flexibility index (Phi) is 5.51. The molecule has 1 aromatic carbocycles. The first-order valence-electron chi connectivity index (χ1n) is 8.57. The van der Waals surface area contributed by atoms with E-state index in [4.69, 9.17) is 16.3 Å². The molecule has 0 aliphatic heterocycles. The van der Waals surface area contributed by atoms with E-state index in [9.17, 15) is 4.79 Å². The molecule has 142 valence electrons. The minimum Gasteiger partial charge on any atom is -0.470 e. The smallest absolute Gasteiger partial charge is 0.272 e. The number of carbonyl (C=O) groups excluding carboxylic acids is 1. The van der Waals surface area contributed by atoms with E-state index >= 15 is 0 Å². The molecule has 27 heavy (non-hydrogen) atoms. The maximum Gasteiger partial charge on any atom is 0.272 e. The molecule has 0 saturated carbocycles. The first-order valence-corrected chi connectivity index (χ1v) is 8.94. The van der Waals surface area contributed by atoms with Gasteiger partial charge in [-0.2, -0.15) is 10.2 Å². The Hall–Kier alpha value is -2.80. The normalized spacial score (nSPS) is 12.0. The lowest BCUT2D eigenvalue weighted by Gasteiger charge is -2.12. The fourth-order valence-corrected chi connectivity index (χ4v) is 2.98. The van der Waals surface area contributed by atoms with E-state index in [1.54, 1.807) is 27.7 Å². The summed E-state index contributed by atoms with van der Waals surface area (Å²) >= 11 is 6.12. The predicted octanol–water partition coefficient (Wildman–Crippen LogP) is 3.41. The number of amides is 1. The highest BCUT2D eigenvalue weighted by atomic mass is 35.5. The molecular weight excluding hydrogens is 366 g/mol. The standard InChI is InChI=1S/C19H22ClN5O2/c1-12-5-6-16(20)18(9-12)27-11-25-8-7-17(23-25)19(26)21-13(2)15-10-24(4)22-14(15)3/h5-10,13H,11H2,1-4H3,(H,21,26)/t13-/m1/s1. The first kappa shape index (κ1) is 19.0. The highest BCUT2D eigenvalue weighted by Crippen LogP contribution is 2.25. The Morgan fingerprint density at radius 2 is 2.07 bits per heavy atom. The largest absolute Gasteiger partial charge is 0.470 e. The SMILES string of the molecule is Cc1ccc(Cl)c(OCn2ccc(C(=O)N[C@H](C)c3cn(C)nc3C)n2)c1. The van der Waals surface area contributed by atoms with Gasteiger partial charge in [0.2, 0.25) is 0 Å². The molecule has 1 amide bonds. The fraction of sp³-hybridized carbons (Fsp3) is 0.316. The molecule has 0 bridgehead atoms. The van der Waals surface area contributed by atoms with Crippen LogP contribution in [0.15, 0.2) is 36.7 Å². The van der Waals surface area contributed by atoms with Crippen LogP contribution >= 0.6 is 11.6 Å². The number of aryl methyl sites for hydroxylation is 3. The van der Waals surface area contributed by atoms with Crippen molar-refractivity contribution in [2.75, 3.05) is 0 Å². The molecular formula is C19H22ClN5O2. The van der Waals surface area contributed by atoms with Crippen LogP contribution in [-0.4, -0.2) is 25.5 Å². The number of carbonyl (C=O) groups is 1. The first-order chi connectivity index (χ1) is 12.8. The van der Waals surface area contributed by atoms with Crippen molar-refractivity contribution in [1.82, 2.24) is 24.9 Å². The number of ether oxygens (including phenoxy) is 1. The number of rotatable bonds is 6. The van der Waals surface area contributed by atoms with Crippen LogP contribution in [0.4, 0.5) is 0 Å². The van der Waals surface area contributed by atoms with Crippen LogP contribution in [0.1, 0.15) is 40.3 Å². The van der Waals surface area contributed by atoms with Crippen LogP contribution in [-0.2, 0) is 13.8 Å². The van der Waals surface area contributed by atoms with Crippen molar-refractivity contribution in [3.63, 3.8) is 0 Å². The van der Waals surface area contributed by atoms with Crippen LogP contribution in [0.2, 0.25) is 5.02 Å². The molecule has 0 fully saturated rings. The van der Waals surface area contributed by atoms with E-state index in [1.165, 1.54) is 0 Å². The third-order valence-corrected chi connectivity index (χ3v) is 4.49. The van der Waals surface area contributed by atoms with E-state index in [1.807, 2.05) is 46.1 Å². The molecule has 2 aromatic heterocycles. The molecule has 1 atom stereocenters. The average molecular weight is 388 g/mol. The summed E-state index contributed by atoms with van der Waals surface area (Å²) in [5.74, 6) is 0.330. The summed E-state index contributed by atoms with van der Waals surface area (Å²) in [5, 5.41) is 12.0. The van der Waals surface area contributed by atoms with Crippen LogP contribution in [0.3, 0.4) is 0 Å². The molecule has 0 saturated heterocycles. The van der Waals surface area contributed by atoms with Gasteiger partial charge in [0.1, 0.15) is 11.4 Å². The van der Waals surface area contributed by atoms with Gasteiger partial charge in [-0.3, -0.25) is 9.48 Å². The molecule has 3 rings (SSSR count). The highest BCUT2D eigenvalue weighted by Gasteiger charge is 2.17. The van der Waals surface area contributed by atoms with Crippen molar-refractivity contribution < 1.29 is 9.53 Å². The van der Waals surface area contributed by atoms with Gasteiger partial charge in [-0.25, -0.2) is 4.68 Å². The minimum atomic E-state index is -0.252. The summed E-state index contributed by atoms with van der Waals surface area (Å²) in [4.78, 5) is 12.5. The summed E-state index contributed by atoms with van der Waals surface area (Å²) < 4.78 is 8.97. The Morgan fingerprint density at radius 3 is 2.78 bits per heavy atom. The third kappa shape index (κ3) is 4.49. The van der Waals surface area contributed by atoms with Crippen molar-refractivity contribution in [2.45, 2.75) is 33.5 Å². The lowest BCUT2D eigenvalue weighted by atomic mass is 10.1. The van der Waals surface area contributed by atoms with Crippen molar-refractivity contribution >= 4 is 17.5 Å². The summed E-state index contributed by atoms with van der Waals surface area (Å²) in [7, 11) is 1.85. The minimum absolute atomic E-state index is 0.160. The third-order valence-electron chi connectivity index (χ3n) is 4.18. The molecule has 0 aliphatic rings. The molecule has 1 N–H and O–H groups in total. The second kappa shape index (κ2) is 7.84. The average Bonchev–Trinajstić information content (AvgIpc) is 3.22. The molecule has 0 spiro atoms. The van der Waals surface area contributed by atoms with Gasteiger partial charge in [0, 0.05) is 25.0 Å². The highest BCUT2D eigenvalue weighted by molar-refractivity contribution is 6.32. The van der Waals surface area contributed by atoms with Gasteiger partial charge in [0.25, 0.3) is 5.91 Å². The molecule has 2 heterocycles. The van der Waals surface area contributed by atoms with Crippen LogP contribution in [0.5, 0.6) is 5.75 Å². The van der Waals surface area contributed by atoms with E-state index in [0.29, 0.717) is 16.5 Å². The maximum atomic E-state index is 12.5. The predicted molar refractivity (Wildman–Crippen MR) is 103 cm³/mol. The van der Waals surface area contributed by atoms with E-state index in [0.717, 1.165) is 16.8 Å². The number of aromatic nitrogens is 4. The van der Waals surface area contributed by atoms with Gasteiger partial charge in [0.05, 0.1) is 16.8 Å². The maximum absolute atomic E-state index is 12.5. The van der Waals surface area contributed by atoms with Gasteiger partial charge in [-0.15, -0.1) is 0 Å². The Labute approximate surface area is 162 Å². The monoisotopic (exact) mass is 387 g/mol. The topological polar surface area (TPSA) is 74.0 Å². The number of nitrogens with one attached hydrogen (secondary N) is 1. The number of halogens is 1. The number of hydrogen-bond donors (Lipinski definition) is 1. The number of benzene rings is 1. The Morgan fingerprint density at radius 1 is 1.30 bits per heavy atom. The van der Waals surface area contributed by atoms with Crippen molar-refractivity contribution in [3.8, 4) is 5.75 Å². The van der Waals surface area contributed by atoms with Crippen LogP contribution < -0.4 is 10.1 Å². The zero-order valence-electron chi connectivity index (χ0n) is 15.7. The lowest BCUT2D eigenvalue weighted by Crippen LogP contribution is -2.27. The number of hydrogen-bond acceptors (Lipinski definition) is 4. The zero-order chi connectivity index (χ0) is 19.6. The fourth-order valence-electron chi connectivity index (χ4n) is 2.80. The summed E-state index contributed by atoms with van der Waals surface area (Å²) in [6, 6.07) is 7.04. The van der Waals surface area contributed by atoms with Gasteiger partial charge < -0.3 is 10.1 Å². The van der Waals surface area contributed by atoms with E-state index < -0.39 is 0 Å². The molecule has 0 aliphatic carbocycles. The van der Waals surface area contributed by atoms with Gasteiger partial charge in [-0.1, -0.05) is 17.7 Å². The molecule has 0 radical (unpaired) electrons. The lowest BCUT2D eigenvalue weighted by molar-refractivity contribution is 0.0932. The number of nitrogens with zero attached hydrogens (tertiary/aromatic N) is 4. The van der Waals surface area contributed by atoms with Crippen LogP contribution in [0.25, 0.3) is 0 Å². The second-order valence-corrected chi connectivity index (χ2v) is 6.89. The van der Waals surface area contributed by atoms with Crippen LogP contribution in [0, 0.1) is 13.8 Å². The summed E-state index contributed by atoms with van der Waals surface area (Å²) in [6.07, 6.45) is 3.59. The molecule has 3 aromatic rings. The molecule has 8 heteroatoms. The zero-order valence-corrected chi connectivity index (χ0v) is 16.5. The van der Waals surface area contributed by atoms with Gasteiger partial charge in [-0.05, 0) is 44.5 Å². The Balaban J connectivity index is 1.62. The molecule has 7 nitrogen and oxygen atoms in total. The van der Waals surface area contributed by atoms with Gasteiger partial charge in [0.15, 0.2) is 6.73 Å². The summed E-state index contributed by atoms with van der Waals surface area (Å²) in [5.41, 5.74) is 3.24. The quantitative estimate of drug-likeness (QED) is 0.703. The Bertz CT molecular complexity index is 963.